The minimum absolute atomic E-state index is 0.0194. The van der Waals surface area contributed by atoms with Crippen molar-refractivity contribution >= 4 is 45.7 Å². The van der Waals surface area contributed by atoms with Crippen molar-refractivity contribution in [2.75, 3.05) is 56.2 Å². The Hall–Kier alpha value is -2.45. The number of esters is 1. The van der Waals surface area contributed by atoms with Gasteiger partial charge in [0.05, 0.1) is 31.3 Å². The van der Waals surface area contributed by atoms with Crippen molar-refractivity contribution in [3.8, 4) is 0 Å². The van der Waals surface area contributed by atoms with E-state index in [4.69, 9.17) is 26.7 Å². The number of pyridine rings is 1. The Morgan fingerprint density at radius 2 is 1.97 bits per heavy atom. The number of likely N-dealkylation sites (tertiary alicyclic amines) is 1. The highest BCUT2D eigenvalue weighted by molar-refractivity contribution is 7.80. The smallest absolute Gasteiger partial charge is 0.309 e. The first kappa shape index (κ1) is 21.8. The van der Waals surface area contributed by atoms with E-state index in [0.29, 0.717) is 11.7 Å². The van der Waals surface area contributed by atoms with E-state index in [0.717, 1.165) is 74.6 Å². The molecule has 166 valence electrons. The minimum Gasteiger partial charge on any atom is -0.466 e. The Morgan fingerprint density at radius 1 is 1.23 bits per heavy atom. The summed E-state index contributed by atoms with van der Waals surface area (Å²) in [5.41, 5.74) is 3.12. The number of anilines is 2. The average Bonchev–Trinajstić information content (AvgIpc) is 2.80. The molecule has 2 aliphatic heterocycles. The molecular weight excluding hydrogens is 412 g/mol. The maximum atomic E-state index is 11.9. The van der Waals surface area contributed by atoms with Gasteiger partial charge in [-0.3, -0.25) is 4.79 Å². The van der Waals surface area contributed by atoms with Crippen LogP contribution in [0.5, 0.6) is 0 Å². The van der Waals surface area contributed by atoms with Crippen LogP contribution in [0.2, 0.25) is 0 Å². The van der Waals surface area contributed by atoms with Crippen molar-refractivity contribution in [1.29, 1.82) is 0 Å². The fraction of sp³-hybridized carbons (Fsp3) is 0.522. The van der Waals surface area contributed by atoms with E-state index in [2.05, 4.69) is 34.2 Å². The van der Waals surface area contributed by atoms with Crippen LogP contribution in [0, 0.1) is 12.8 Å². The number of ether oxygens (including phenoxy) is 2. The normalized spacial score (nSPS) is 17.6. The molecule has 0 aliphatic carbocycles. The van der Waals surface area contributed by atoms with Crippen molar-refractivity contribution < 1.29 is 14.3 Å². The monoisotopic (exact) mass is 442 g/mol. The molecule has 8 heteroatoms. The van der Waals surface area contributed by atoms with Crippen molar-refractivity contribution in [1.82, 2.24) is 9.88 Å². The van der Waals surface area contributed by atoms with Gasteiger partial charge in [-0.25, -0.2) is 4.98 Å². The van der Waals surface area contributed by atoms with Crippen LogP contribution >= 0.6 is 12.2 Å². The van der Waals surface area contributed by atoms with Crippen LogP contribution in [0.15, 0.2) is 24.3 Å². The second kappa shape index (κ2) is 9.78. The van der Waals surface area contributed by atoms with E-state index in [9.17, 15) is 4.79 Å². The molecule has 0 unspecified atom stereocenters. The lowest BCUT2D eigenvalue weighted by molar-refractivity contribution is -0.149. The number of fused-ring (bicyclic) bond motifs is 1. The summed E-state index contributed by atoms with van der Waals surface area (Å²) < 4.78 is 10.6. The first-order chi connectivity index (χ1) is 15.0. The van der Waals surface area contributed by atoms with Crippen LogP contribution in [0.1, 0.15) is 25.3 Å². The number of aromatic nitrogens is 1. The Kier molecular flexibility index (Phi) is 6.87. The second-order valence-electron chi connectivity index (χ2n) is 8.07. The summed E-state index contributed by atoms with van der Waals surface area (Å²) in [6, 6.07) is 8.33. The Morgan fingerprint density at radius 3 is 2.68 bits per heavy atom. The Balaban J connectivity index is 1.41. The molecule has 7 nitrogen and oxygen atoms in total. The van der Waals surface area contributed by atoms with Crippen molar-refractivity contribution in [3.63, 3.8) is 0 Å². The fourth-order valence-electron chi connectivity index (χ4n) is 4.19. The zero-order valence-corrected chi connectivity index (χ0v) is 19.0. The molecule has 2 saturated heterocycles. The molecule has 2 aromatic rings. The predicted octanol–water partition coefficient (Wildman–Crippen LogP) is 3.35. The molecule has 1 aromatic heterocycles. The number of nitrogens with one attached hydrogen (secondary N) is 1. The summed E-state index contributed by atoms with van der Waals surface area (Å²) in [6.07, 6.45) is 1.54. The highest BCUT2D eigenvalue weighted by atomic mass is 32.1. The van der Waals surface area contributed by atoms with Gasteiger partial charge in [-0.2, -0.15) is 0 Å². The third-order valence-electron chi connectivity index (χ3n) is 5.99. The van der Waals surface area contributed by atoms with E-state index in [1.54, 1.807) is 0 Å². The van der Waals surface area contributed by atoms with Gasteiger partial charge in [0.2, 0.25) is 0 Å². The standard InChI is InChI=1S/C23H30N4O3S/c1-3-30-22(28)17-6-8-27(9-7-17)23(31)24-18-4-5-20-19(15-18)16(2)14-21(25-20)26-10-12-29-13-11-26/h4-5,14-15,17H,3,6-13H2,1-2H3,(H,24,31). The maximum Gasteiger partial charge on any atom is 0.309 e. The quantitative estimate of drug-likeness (QED) is 0.571. The molecule has 1 aromatic carbocycles. The number of carbonyl (C=O) groups is 1. The van der Waals surface area contributed by atoms with Crippen LogP contribution in [-0.4, -0.2) is 67.0 Å². The number of hydrogen-bond acceptors (Lipinski definition) is 6. The number of thiocarbonyl (C=S) groups is 1. The molecule has 2 aliphatic rings. The third kappa shape index (κ3) is 5.07. The Bertz CT molecular complexity index is 953. The lowest BCUT2D eigenvalue weighted by atomic mass is 9.97. The topological polar surface area (TPSA) is 66.9 Å². The van der Waals surface area contributed by atoms with E-state index < -0.39 is 0 Å². The maximum absolute atomic E-state index is 11.9. The molecule has 1 N–H and O–H groups in total. The van der Waals surface area contributed by atoms with Crippen LogP contribution in [-0.2, 0) is 14.3 Å². The molecule has 31 heavy (non-hydrogen) atoms. The molecule has 3 heterocycles. The van der Waals surface area contributed by atoms with E-state index in [1.807, 2.05) is 19.1 Å². The van der Waals surface area contributed by atoms with Crippen molar-refractivity contribution in [3.05, 3.63) is 29.8 Å². The van der Waals surface area contributed by atoms with Gasteiger partial charge in [0.25, 0.3) is 0 Å². The lowest BCUT2D eigenvalue weighted by Crippen LogP contribution is -2.42. The molecule has 0 amide bonds. The average molecular weight is 443 g/mol. The van der Waals surface area contributed by atoms with Gasteiger partial charge in [0.1, 0.15) is 5.82 Å². The van der Waals surface area contributed by atoms with Gasteiger partial charge >= 0.3 is 5.97 Å². The van der Waals surface area contributed by atoms with Gasteiger partial charge in [0.15, 0.2) is 5.11 Å². The zero-order chi connectivity index (χ0) is 21.8. The first-order valence-electron chi connectivity index (χ1n) is 11.0. The number of hydrogen-bond donors (Lipinski definition) is 1. The minimum atomic E-state index is -0.0880. The van der Waals surface area contributed by atoms with E-state index in [1.165, 1.54) is 5.56 Å². The number of morpholine rings is 1. The summed E-state index contributed by atoms with van der Waals surface area (Å²) in [5, 5.41) is 5.17. The predicted molar refractivity (Wildman–Crippen MR) is 127 cm³/mol. The number of carbonyl (C=O) groups excluding carboxylic acids is 1. The molecule has 0 bridgehead atoms. The van der Waals surface area contributed by atoms with Gasteiger partial charge in [-0.05, 0) is 68.7 Å². The SMILES string of the molecule is CCOC(=O)C1CCN(C(=S)Nc2ccc3nc(N4CCOCC4)cc(C)c3c2)CC1. The molecule has 0 saturated carbocycles. The molecule has 2 fully saturated rings. The van der Waals surface area contributed by atoms with Crippen molar-refractivity contribution in [2.45, 2.75) is 26.7 Å². The molecular formula is C23H30N4O3S. The summed E-state index contributed by atoms with van der Waals surface area (Å²) >= 11 is 5.64. The number of piperidine rings is 1. The molecule has 0 radical (unpaired) electrons. The van der Waals surface area contributed by atoms with E-state index in [-0.39, 0.29) is 11.9 Å². The number of benzene rings is 1. The molecule has 0 spiro atoms. The van der Waals surface area contributed by atoms with Gasteiger partial charge < -0.3 is 24.6 Å². The summed E-state index contributed by atoms with van der Waals surface area (Å²) in [5.74, 6) is 0.901. The van der Waals surface area contributed by atoms with Gasteiger partial charge in [-0.1, -0.05) is 0 Å². The Labute approximate surface area is 188 Å². The van der Waals surface area contributed by atoms with Crippen molar-refractivity contribution in [2.24, 2.45) is 5.92 Å². The number of nitrogens with zero attached hydrogens (tertiary/aromatic N) is 3. The van der Waals surface area contributed by atoms with Crippen LogP contribution < -0.4 is 10.2 Å². The zero-order valence-electron chi connectivity index (χ0n) is 18.2. The number of aryl methyl sites for hydroxylation is 1. The highest BCUT2D eigenvalue weighted by Gasteiger charge is 2.27. The van der Waals surface area contributed by atoms with Gasteiger partial charge in [-0.15, -0.1) is 0 Å². The van der Waals surface area contributed by atoms with Crippen LogP contribution in [0.25, 0.3) is 10.9 Å². The lowest BCUT2D eigenvalue weighted by Gasteiger charge is -2.32. The van der Waals surface area contributed by atoms with E-state index >= 15 is 0 Å². The second-order valence-corrected chi connectivity index (χ2v) is 8.46. The van der Waals surface area contributed by atoms with Gasteiger partial charge in [0, 0.05) is 37.3 Å². The summed E-state index contributed by atoms with van der Waals surface area (Å²) in [6.45, 7) is 9.15. The van der Waals surface area contributed by atoms with Crippen LogP contribution in [0.4, 0.5) is 11.5 Å². The third-order valence-corrected chi connectivity index (χ3v) is 6.35. The first-order valence-corrected chi connectivity index (χ1v) is 11.4. The fourth-order valence-corrected chi connectivity index (χ4v) is 4.49. The largest absolute Gasteiger partial charge is 0.466 e. The van der Waals surface area contributed by atoms with Crippen LogP contribution in [0.3, 0.4) is 0 Å². The highest BCUT2D eigenvalue weighted by Crippen LogP contribution is 2.26. The molecule has 0 atom stereocenters. The number of rotatable bonds is 4. The summed E-state index contributed by atoms with van der Waals surface area (Å²) in [7, 11) is 0. The summed E-state index contributed by atoms with van der Waals surface area (Å²) in [4.78, 5) is 21.2. The molecule has 4 rings (SSSR count).